The van der Waals surface area contributed by atoms with Crippen molar-refractivity contribution >= 4 is 23.2 Å². The molecular weight excluding hydrogens is 365 g/mol. The van der Waals surface area contributed by atoms with Gasteiger partial charge >= 0.3 is 6.18 Å². The van der Waals surface area contributed by atoms with Crippen LogP contribution in [0.5, 0.6) is 0 Å². The highest BCUT2D eigenvalue weighted by molar-refractivity contribution is 7.12. The third kappa shape index (κ3) is 3.75. The molecule has 3 rings (SSSR count). The summed E-state index contributed by atoms with van der Waals surface area (Å²) in [5.41, 5.74) is 0.367. The van der Waals surface area contributed by atoms with E-state index in [4.69, 9.17) is 0 Å². The molecule has 26 heavy (non-hydrogen) atoms. The maximum atomic E-state index is 12.6. The molecule has 0 aliphatic carbocycles. The highest BCUT2D eigenvalue weighted by Crippen LogP contribution is 2.29. The molecule has 1 aliphatic rings. The van der Waals surface area contributed by atoms with Crippen LogP contribution in [0.15, 0.2) is 35.7 Å². The van der Waals surface area contributed by atoms with Gasteiger partial charge in [-0.2, -0.15) is 13.2 Å². The molecule has 0 atom stereocenters. The second-order valence-electron chi connectivity index (χ2n) is 6.09. The predicted octanol–water partition coefficient (Wildman–Crippen LogP) is 3.67. The number of aryl methyl sites for hydroxylation is 1. The number of hydrogen-bond donors (Lipinski definition) is 0. The number of nitrogens with zero attached hydrogens (tertiary/aromatic N) is 2. The van der Waals surface area contributed by atoms with E-state index in [-0.39, 0.29) is 17.4 Å². The van der Waals surface area contributed by atoms with Gasteiger partial charge in [-0.25, -0.2) is 0 Å². The Hall–Kier alpha value is -2.35. The van der Waals surface area contributed by atoms with E-state index in [1.54, 1.807) is 9.80 Å². The second kappa shape index (κ2) is 7.11. The number of halogens is 3. The highest BCUT2D eigenvalue weighted by atomic mass is 32.1. The lowest BCUT2D eigenvalue weighted by molar-refractivity contribution is -0.137. The van der Waals surface area contributed by atoms with Crippen molar-refractivity contribution in [3.05, 3.63) is 57.3 Å². The van der Waals surface area contributed by atoms with Gasteiger partial charge in [0.05, 0.1) is 10.4 Å². The fourth-order valence-corrected chi connectivity index (χ4v) is 3.72. The highest BCUT2D eigenvalue weighted by Gasteiger charge is 2.31. The summed E-state index contributed by atoms with van der Waals surface area (Å²) in [6, 6.07) is 6.09. The quantitative estimate of drug-likeness (QED) is 0.795. The number of hydrogen-bond acceptors (Lipinski definition) is 3. The number of carbonyl (C=O) groups excluding carboxylic acids is 2. The van der Waals surface area contributed by atoms with Crippen molar-refractivity contribution in [3.8, 4) is 0 Å². The van der Waals surface area contributed by atoms with E-state index in [1.165, 1.54) is 23.5 Å². The molecule has 2 heterocycles. The number of carbonyl (C=O) groups is 2. The second-order valence-corrected chi connectivity index (χ2v) is 7.01. The van der Waals surface area contributed by atoms with Gasteiger partial charge in [0.2, 0.25) is 0 Å². The Balaban J connectivity index is 1.62. The van der Waals surface area contributed by atoms with Crippen molar-refractivity contribution < 1.29 is 22.8 Å². The zero-order valence-corrected chi connectivity index (χ0v) is 14.9. The van der Waals surface area contributed by atoms with Crippen LogP contribution in [-0.2, 0) is 6.18 Å². The summed E-state index contributed by atoms with van der Waals surface area (Å²) in [4.78, 5) is 28.9. The molecule has 1 fully saturated rings. The number of benzene rings is 1. The Morgan fingerprint density at radius 3 is 1.92 bits per heavy atom. The molecule has 0 radical (unpaired) electrons. The summed E-state index contributed by atoms with van der Waals surface area (Å²) in [5.74, 6) is -0.364. The normalized spacial score (nSPS) is 15.2. The Morgan fingerprint density at radius 1 is 0.923 bits per heavy atom. The summed E-state index contributed by atoms with van der Waals surface area (Å²) in [5, 5.41) is 1.87. The fraction of sp³-hybridized carbons (Fsp3) is 0.333. The van der Waals surface area contributed by atoms with Gasteiger partial charge in [0.15, 0.2) is 0 Å². The van der Waals surface area contributed by atoms with Crippen LogP contribution in [0.3, 0.4) is 0 Å². The molecule has 1 saturated heterocycles. The summed E-state index contributed by atoms with van der Waals surface area (Å²) >= 11 is 1.39. The molecule has 0 unspecified atom stereocenters. The summed E-state index contributed by atoms with van der Waals surface area (Å²) in [6.07, 6.45) is -4.42. The number of amides is 2. The van der Waals surface area contributed by atoms with Gasteiger partial charge in [0, 0.05) is 31.7 Å². The topological polar surface area (TPSA) is 40.6 Å². The van der Waals surface area contributed by atoms with Crippen LogP contribution in [0.25, 0.3) is 0 Å². The molecule has 1 aromatic heterocycles. The summed E-state index contributed by atoms with van der Waals surface area (Å²) in [7, 11) is 0. The van der Waals surface area contributed by atoms with E-state index < -0.39 is 11.7 Å². The first-order chi connectivity index (χ1) is 12.3. The van der Waals surface area contributed by atoms with Gasteiger partial charge in [-0.05, 0) is 48.2 Å². The minimum atomic E-state index is -4.42. The van der Waals surface area contributed by atoms with Crippen molar-refractivity contribution in [1.29, 1.82) is 0 Å². The van der Waals surface area contributed by atoms with Gasteiger partial charge in [0.25, 0.3) is 11.8 Å². The van der Waals surface area contributed by atoms with Crippen LogP contribution >= 0.6 is 11.3 Å². The zero-order valence-electron chi connectivity index (χ0n) is 14.0. The number of alkyl halides is 3. The van der Waals surface area contributed by atoms with Crippen LogP contribution in [0.4, 0.5) is 13.2 Å². The average molecular weight is 382 g/mol. The molecule has 8 heteroatoms. The van der Waals surface area contributed by atoms with Gasteiger partial charge in [-0.15, -0.1) is 11.3 Å². The molecule has 1 aromatic carbocycles. The van der Waals surface area contributed by atoms with Crippen LogP contribution in [-0.4, -0.2) is 47.8 Å². The van der Waals surface area contributed by atoms with Crippen molar-refractivity contribution in [3.63, 3.8) is 0 Å². The molecule has 2 aromatic rings. The first-order valence-electron chi connectivity index (χ1n) is 8.07. The largest absolute Gasteiger partial charge is 0.416 e. The lowest BCUT2D eigenvalue weighted by atomic mass is 10.1. The van der Waals surface area contributed by atoms with E-state index in [2.05, 4.69) is 0 Å². The summed E-state index contributed by atoms with van der Waals surface area (Å²) in [6.45, 7) is 3.41. The smallest absolute Gasteiger partial charge is 0.335 e. The monoisotopic (exact) mass is 382 g/mol. The third-order valence-electron chi connectivity index (χ3n) is 4.37. The Labute approximate surface area is 152 Å². The maximum Gasteiger partial charge on any atom is 0.416 e. The predicted molar refractivity (Wildman–Crippen MR) is 92.3 cm³/mol. The Bertz CT molecular complexity index is 807. The standard InChI is InChI=1S/C18H17F3N2O2S/c1-12-6-11-26-15(12)17(25)23-9-7-22(8-10-23)16(24)13-2-4-14(5-3-13)18(19,20)21/h2-6,11H,7-10H2,1H3. The van der Waals surface area contributed by atoms with E-state index in [0.717, 1.165) is 17.7 Å². The molecule has 0 N–H and O–H groups in total. The molecule has 0 bridgehead atoms. The molecule has 0 spiro atoms. The lowest BCUT2D eigenvalue weighted by Gasteiger charge is -2.34. The third-order valence-corrected chi connectivity index (χ3v) is 5.37. The van der Waals surface area contributed by atoms with Gasteiger partial charge in [0.1, 0.15) is 0 Å². The number of piperazine rings is 1. The number of rotatable bonds is 2. The molecule has 138 valence electrons. The van der Waals surface area contributed by atoms with Gasteiger partial charge < -0.3 is 9.80 Å². The fourth-order valence-electron chi connectivity index (χ4n) is 2.83. The van der Waals surface area contributed by atoms with Gasteiger partial charge in [-0.3, -0.25) is 9.59 Å². The van der Waals surface area contributed by atoms with Crippen LogP contribution in [0.1, 0.15) is 31.2 Å². The van der Waals surface area contributed by atoms with Crippen molar-refractivity contribution in [2.24, 2.45) is 0 Å². The average Bonchev–Trinajstić information content (AvgIpc) is 3.06. The summed E-state index contributed by atoms with van der Waals surface area (Å²) < 4.78 is 37.8. The van der Waals surface area contributed by atoms with Crippen LogP contribution < -0.4 is 0 Å². The zero-order chi connectivity index (χ0) is 18.9. The van der Waals surface area contributed by atoms with Crippen LogP contribution in [0, 0.1) is 6.92 Å². The Morgan fingerprint density at radius 2 is 1.46 bits per heavy atom. The minimum absolute atomic E-state index is 0.0425. The lowest BCUT2D eigenvalue weighted by Crippen LogP contribution is -2.50. The van der Waals surface area contributed by atoms with E-state index in [1.807, 2.05) is 18.4 Å². The van der Waals surface area contributed by atoms with E-state index in [0.29, 0.717) is 31.1 Å². The molecular formula is C18H17F3N2O2S. The van der Waals surface area contributed by atoms with Crippen molar-refractivity contribution in [2.75, 3.05) is 26.2 Å². The van der Waals surface area contributed by atoms with Crippen molar-refractivity contribution in [2.45, 2.75) is 13.1 Å². The molecule has 0 saturated carbocycles. The first-order valence-corrected chi connectivity index (χ1v) is 8.95. The number of thiophene rings is 1. The molecule has 4 nitrogen and oxygen atoms in total. The van der Waals surface area contributed by atoms with Gasteiger partial charge in [-0.1, -0.05) is 0 Å². The molecule has 1 aliphatic heterocycles. The maximum absolute atomic E-state index is 12.6. The minimum Gasteiger partial charge on any atom is -0.335 e. The first kappa shape index (κ1) is 18.4. The van der Waals surface area contributed by atoms with Crippen molar-refractivity contribution in [1.82, 2.24) is 9.80 Å². The van der Waals surface area contributed by atoms with Crippen LogP contribution in [0.2, 0.25) is 0 Å². The SMILES string of the molecule is Cc1ccsc1C(=O)N1CCN(C(=O)c2ccc(C(F)(F)F)cc2)CC1. The van der Waals surface area contributed by atoms with E-state index >= 15 is 0 Å². The van der Waals surface area contributed by atoms with E-state index in [9.17, 15) is 22.8 Å². The molecule has 2 amide bonds. The Kier molecular flexibility index (Phi) is 5.04.